The van der Waals surface area contributed by atoms with Crippen molar-refractivity contribution in [3.63, 3.8) is 0 Å². The van der Waals surface area contributed by atoms with Gasteiger partial charge in [-0.1, -0.05) is 12.1 Å². The van der Waals surface area contributed by atoms with Gasteiger partial charge in [-0.25, -0.2) is 9.18 Å². The first-order valence-corrected chi connectivity index (χ1v) is 7.75. The van der Waals surface area contributed by atoms with E-state index in [0.717, 1.165) is 0 Å². The molecule has 1 aromatic carbocycles. The SMILES string of the molecule is COC(=O)c1cc(CNC(C)CC(O)c2ccc(F)cc2)oc1C. The molecule has 0 amide bonds. The number of rotatable bonds is 7. The molecule has 0 aliphatic carbocycles. The van der Waals surface area contributed by atoms with Crippen LogP contribution in [0.2, 0.25) is 0 Å². The molecule has 1 aromatic heterocycles. The number of benzene rings is 1. The Kier molecular flexibility index (Phi) is 6.11. The summed E-state index contributed by atoms with van der Waals surface area (Å²) in [7, 11) is 1.33. The van der Waals surface area contributed by atoms with Crippen LogP contribution >= 0.6 is 0 Å². The smallest absolute Gasteiger partial charge is 0.341 e. The van der Waals surface area contributed by atoms with Crippen molar-refractivity contribution < 1.29 is 23.4 Å². The van der Waals surface area contributed by atoms with E-state index in [4.69, 9.17) is 4.42 Å². The van der Waals surface area contributed by atoms with Gasteiger partial charge >= 0.3 is 5.97 Å². The van der Waals surface area contributed by atoms with Gasteiger partial charge in [0.1, 0.15) is 22.9 Å². The van der Waals surface area contributed by atoms with Crippen LogP contribution in [-0.4, -0.2) is 24.2 Å². The number of hydrogen-bond donors (Lipinski definition) is 2. The van der Waals surface area contributed by atoms with Gasteiger partial charge in [-0.2, -0.15) is 0 Å². The second-order valence-electron chi connectivity index (χ2n) is 5.76. The fourth-order valence-corrected chi connectivity index (χ4v) is 2.46. The van der Waals surface area contributed by atoms with Crippen LogP contribution < -0.4 is 5.32 Å². The van der Waals surface area contributed by atoms with Gasteiger partial charge in [-0.05, 0) is 44.0 Å². The van der Waals surface area contributed by atoms with E-state index in [1.54, 1.807) is 25.1 Å². The highest BCUT2D eigenvalue weighted by Gasteiger charge is 2.17. The van der Waals surface area contributed by atoms with E-state index >= 15 is 0 Å². The van der Waals surface area contributed by atoms with Crippen LogP contribution in [-0.2, 0) is 11.3 Å². The molecule has 0 spiro atoms. The molecular formula is C18H22FNO4. The van der Waals surface area contributed by atoms with Crippen molar-refractivity contribution in [3.8, 4) is 0 Å². The van der Waals surface area contributed by atoms with Crippen molar-refractivity contribution in [2.24, 2.45) is 0 Å². The van der Waals surface area contributed by atoms with Crippen molar-refractivity contribution in [1.29, 1.82) is 0 Å². The lowest BCUT2D eigenvalue weighted by atomic mass is 10.0. The minimum atomic E-state index is -0.683. The first kappa shape index (κ1) is 18.2. The summed E-state index contributed by atoms with van der Waals surface area (Å²) in [6.07, 6.45) is -0.216. The Bertz CT molecular complexity index is 681. The zero-order chi connectivity index (χ0) is 17.7. The van der Waals surface area contributed by atoms with Crippen LogP contribution in [0.5, 0.6) is 0 Å². The van der Waals surface area contributed by atoms with Crippen LogP contribution in [0.25, 0.3) is 0 Å². The number of hydrogen-bond acceptors (Lipinski definition) is 5. The van der Waals surface area contributed by atoms with Gasteiger partial charge < -0.3 is 19.6 Å². The molecular weight excluding hydrogens is 313 g/mol. The highest BCUT2D eigenvalue weighted by Crippen LogP contribution is 2.20. The molecule has 0 saturated carbocycles. The molecule has 2 unspecified atom stereocenters. The Morgan fingerprint density at radius 3 is 2.67 bits per heavy atom. The highest BCUT2D eigenvalue weighted by atomic mass is 19.1. The standard InChI is InChI=1S/C18H22FNO4/c1-11(8-17(21)13-4-6-14(19)7-5-13)20-10-15-9-16(12(2)24-15)18(22)23-3/h4-7,9,11,17,20-21H,8,10H2,1-3H3. The first-order valence-electron chi connectivity index (χ1n) is 7.75. The van der Waals surface area contributed by atoms with Crippen LogP contribution in [0.4, 0.5) is 4.39 Å². The predicted molar refractivity (Wildman–Crippen MR) is 87.1 cm³/mol. The number of halogens is 1. The van der Waals surface area contributed by atoms with Gasteiger partial charge in [-0.3, -0.25) is 0 Å². The van der Waals surface area contributed by atoms with Crippen molar-refractivity contribution >= 4 is 5.97 Å². The van der Waals surface area contributed by atoms with Crippen molar-refractivity contribution in [2.45, 2.75) is 39.0 Å². The molecule has 5 nitrogen and oxygen atoms in total. The predicted octanol–water partition coefficient (Wildman–Crippen LogP) is 3.12. The van der Waals surface area contributed by atoms with E-state index in [0.29, 0.717) is 35.6 Å². The fourth-order valence-electron chi connectivity index (χ4n) is 2.46. The maximum absolute atomic E-state index is 12.9. The largest absolute Gasteiger partial charge is 0.465 e. The molecule has 2 atom stereocenters. The summed E-state index contributed by atoms with van der Waals surface area (Å²) in [5.41, 5.74) is 1.08. The number of furan rings is 1. The van der Waals surface area contributed by atoms with Gasteiger partial charge in [-0.15, -0.1) is 0 Å². The molecule has 130 valence electrons. The van der Waals surface area contributed by atoms with Crippen LogP contribution in [0, 0.1) is 12.7 Å². The molecule has 2 rings (SSSR count). The number of carbonyl (C=O) groups excluding carboxylic acids is 1. The molecule has 2 aromatic rings. The monoisotopic (exact) mass is 335 g/mol. The van der Waals surface area contributed by atoms with E-state index in [9.17, 15) is 14.3 Å². The summed E-state index contributed by atoms with van der Waals surface area (Å²) in [4.78, 5) is 11.5. The minimum absolute atomic E-state index is 0.00274. The Hall–Kier alpha value is -2.18. The average Bonchev–Trinajstić information content (AvgIpc) is 2.93. The molecule has 0 bridgehead atoms. The molecule has 0 radical (unpaired) electrons. The van der Waals surface area contributed by atoms with E-state index in [-0.39, 0.29) is 11.9 Å². The van der Waals surface area contributed by atoms with E-state index in [1.165, 1.54) is 19.2 Å². The van der Waals surface area contributed by atoms with E-state index in [2.05, 4.69) is 10.1 Å². The number of ether oxygens (including phenoxy) is 1. The van der Waals surface area contributed by atoms with E-state index < -0.39 is 12.1 Å². The number of esters is 1. The zero-order valence-corrected chi connectivity index (χ0v) is 14.0. The number of aliphatic hydroxyl groups is 1. The number of nitrogens with one attached hydrogen (secondary N) is 1. The van der Waals surface area contributed by atoms with E-state index in [1.807, 2.05) is 6.92 Å². The van der Waals surface area contributed by atoms with Crippen molar-refractivity contribution in [2.75, 3.05) is 7.11 Å². The summed E-state index contributed by atoms with van der Waals surface area (Å²) in [6.45, 7) is 4.07. The molecule has 0 aliphatic rings. The van der Waals surface area contributed by atoms with Crippen molar-refractivity contribution in [1.82, 2.24) is 5.32 Å². The lowest BCUT2D eigenvalue weighted by Gasteiger charge is -2.17. The fraction of sp³-hybridized carbons (Fsp3) is 0.389. The maximum Gasteiger partial charge on any atom is 0.341 e. The third-order valence-corrected chi connectivity index (χ3v) is 3.83. The lowest BCUT2D eigenvalue weighted by Crippen LogP contribution is -2.27. The summed E-state index contributed by atoms with van der Waals surface area (Å²) < 4.78 is 23.1. The van der Waals surface area contributed by atoms with Gasteiger partial charge in [0.25, 0.3) is 0 Å². The Balaban J connectivity index is 1.87. The molecule has 2 N–H and O–H groups in total. The highest BCUT2D eigenvalue weighted by molar-refractivity contribution is 5.90. The van der Waals surface area contributed by atoms with Gasteiger partial charge in [0, 0.05) is 6.04 Å². The third kappa shape index (κ3) is 4.66. The summed E-state index contributed by atoms with van der Waals surface area (Å²) in [5, 5.41) is 13.4. The summed E-state index contributed by atoms with van der Waals surface area (Å²) >= 11 is 0. The molecule has 1 heterocycles. The number of methoxy groups -OCH3 is 1. The van der Waals surface area contributed by atoms with Gasteiger partial charge in [0.05, 0.1) is 19.8 Å². The van der Waals surface area contributed by atoms with Crippen LogP contribution in [0.1, 0.15) is 46.9 Å². The second kappa shape index (κ2) is 8.08. The molecule has 0 aliphatic heterocycles. The second-order valence-corrected chi connectivity index (χ2v) is 5.76. The molecule has 6 heteroatoms. The topological polar surface area (TPSA) is 71.7 Å². The Morgan fingerprint density at radius 1 is 1.38 bits per heavy atom. The van der Waals surface area contributed by atoms with Crippen LogP contribution in [0.15, 0.2) is 34.7 Å². The molecule has 24 heavy (non-hydrogen) atoms. The third-order valence-electron chi connectivity index (χ3n) is 3.83. The normalized spacial score (nSPS) is 13.5. The number of aryl methyl sites for hydroxylation is 1. The first-order chi connectivity index (χ1) is 11.4. The lowest BCUT2D eigenvalue weighted by molar-refractivity contribution is 0.0598. The molecule has 0 saturated heterocycles. The maximum atomic E-state index is 12.9. The quantitative estimate of drug-likeness (QED) is 0.761. The Labute approximate surface area is 140 Å². The number of aliphatic hydroxyl groups excluding tert-OH is 1. The summed E-state index contributed by atoms with van der Waals surface area (Å²) in [6, 6.07) is 7.46. The summed E-state index contributed by atoms with van der Waals surface area (Å²) in [5.74, 6) is 0.377. The average molecular weight is 335 g/mol. The molecule has 0 fully saturated rings. The zero-order valence-electron chi connectivity index (χ0n) is 14.0. The Morgan fingerprint density at radius 2 is 2.04 bits per heavy atom. The van der Waals surface area contributed by atoms with Gasteiger partial charge in [0.15, 0.2) is 0 Å². The van der Waals surface area contributed by atoms with Crippen molar-refractivity contribution in [3.05, 3.63) is 58.8 Å². The van der Waals surface area contributed by atoms with Crippen LogP contribution in [0.3, 0.4) is 0 Å². The number of carbonyl (C=O) groups is 1. The minimum Gasteiger partial charge on any atom is -0.465 e. The van der Waals surface area contributed by atoms with Gasteiger partial charge in [0.2, 0.25) is 0 Å².